The quantitative estimate of drug-likeness (QED) is 0.551. The van der Waals surface area contributed by atoms with Crippen molar-refractivity contribution in [1.82, 2.24) is 5.32 Å². The molecule has 0 saturated carbocycles. The highest BCUT2D eigenvalue weighted by molar-refractivity contribution is 8.68. The van der Waals surface area contributed by atoms with Gasteiger partial charge >= 0.3 is 0 Å². The van der Waals surface area contributed by atoms with Gasteiger partial charge < -0.3 is 20.7 Å². The van der Waals surface area contributed by atoms with Gasteiger partial charge in [-0.25, -0.2) is 4.39 Å². The van der Waals surface area contributed by atoms with Gasteiger partial charge in [0.2, 0.25) is 0 Å². The number of piperazine rings is 1. The zero-order valence-corrected chi connectivity index (χ0v) is 12.9. The van der Waals surface area contributed by atoms with Crippen molar-refractivity contribution in [3.05, 3.63) is 18.2 Å². The molecule has 3 N–H and O–H groups in total. The molecule has 1 heterocycles. The predicted molar refractivity (Wildman–Crippen MR) is 85.8 cm³/mol. The van der Waals surface area contributed by atoms with Crippen LogP contribution in [0.5, 0.6) is 5.75 Å². The summed E-state index contributed by atoms with van der Waals surface area (Å²) in [7, 11) is 1.35. The molecule has 0 radical (unpaired) electrons. The minimum atomic E-state index is -1.13. The molecular formula is C13H20FN3OS2. The first-order valence-corrected chi connectivity index (χ1v) is 8.49. The number of rotatable bonds is 6. The number of anilines is 1. The van der Waals surface area contributed by atoms with Crippen molar-refractivity contribution >= 4 is 28.1 Å². The molecule has 0 spiro atoms. The van der Waals surface area contributed by atoms with Crippen molar-refractivity contribution in [2.24, 2.45) is 5.73 Å². The van der Waals surface area contributed by atoms with E-state index < -0.39 is 6.17 Å². The van der Waals surface area contributed by atoms with E-state index >= 15 is 0 Å². The zero-order valence-electron chi connectivity index (χ0n) is 11.2. The van der Waals surface area contributed by atoms with Gasteiger partial charge in [0.25, 0.3) is 0 Å². The number of benzene rings is 1. The number of thiol groups is 1. The first-order chi connectivity index (χ1) is 9.72. The van der Waals surface area contributed by atoms with E-state index in [1.807, 2.05) is 12.1 Å². The second kappa shape index (κ2) is 7.97. The Bertz CT molecular complexity index is 430. The average molecular weight is 317 g/mol. The molecule has 112 valence electrons. The summed E-state index contributed by atoms with van der Waals surface area (Å²) in [6.07, 6.45) is -1.13. The number of hydrogen-bond donors (Lipinski definition) is 3. The summed E-state index contributed by atoms with van der Waals surface area (Å²) in [5, 5.41) is 3.32. The van der Waals surface area contributed by atoms with E-state index in [4.69, 9.17) is 10.5 Å². The van der Waals surface area contributed by atoms with Gasteiger partial charge in [-0.3, -0.25) is 0 Å². The number of alkyl halides is 1. The fourth-order valence-electron chi connectivity index (χ4n) is 2.05. The van der Waals surface area contributed by atoms with Gasteiger partial charge in [-0.2, -0.15) is 0 Å². The van der Waals surface area contributed by atoms with Gasteiger partial charge in [-0.05, 0) is 12.1 Å². The van der Waals surface area contributed by atoms with Crippen molar-refractivity contribution in [1.29, 1.82) is 0 Å². The Hall–Kier alpha value is -0.630. The highest BCUT2D eigenvalue weighted by Crippen LogP contribution is 2.31. The third-order valence-electron chi connectivity index (χ3n) is 3.14. The molecule has 7 heteroatoms. The molecule has 2 rings (SSSR count). The number of halogens is 1. The second-order valence-corrected chi connectivity index (χ2v) is 5.84. The normalized spacial score (nSPS) is 17.1. The van der Waals surface area contributed by atoms with Gasteiger partial charge in [-0.1, -0.05) is 10.8 Å². The van der Waals surface area contributed by atoms with Crippen LogP contribution in [0.25, 0.3) is 0 Å². The molecule has 1 aliphatic rings. The molecule has 4 nitrogen and oxygen atoms in total. The Morgan fingerprint density at radius 3 is 2.80 bits per heavy atom. The van der Waals surface area contributed by atoms with Crippen LogP contribution < -0.4 is 20.7 Å². The molecule has 0 aliphatic carbocycles. The standard InChI is InChI=1S/C13H20FN3OS2/c14-10(8-15)9-18-12-5-11(6-13(7-12)20-19)17-3-1-16-2-4-17/h5-7,10,16,19H,1-4,8-9,15H2. The smallest absolute Gasteiger partial charge is 0.146 e. The minimum Gasteiger partial charge on any atom is -0.490 e. The van der Waals surface area contributed by atoms with E-state index in [1.165, 1.54) is 10.8 Å². The van der Waals surface area contributed by atoms with Crippen LogP contribution in [0.4, 0.5) is 10.1 Å². The lowest BCUT2D eigenvalue weighted by atomic mass is 10.2. The summed E-state index contributed by atoms with van der Waals surface area (Å²) in [6.45, 7) is 3.80. The van der Waals surface area contributed by atoms with Gasteiger partial charge in [0.05, 0.1) is 0 Å². The number of nitrogens with one attached hydrogen (secondary N) is 1. The lowest BCUT2D eigenvalue weighted by Gasteiger charge is -2.30. The predicted octanol–water partition coefficient (Wildman–Crippen LogP) is 1.71. The summed E-state index contributed by atoms with van der Waals surface area (Å²) in [5.74, 6) is 0.661. The molecule has 1 aromatic rings. The molecule has 0 bridgehead atoms. The maximum absolute atomic E-state index is 13.2. The van der Waals surface area contributed by atoms with Crippen molar-refractivity contribution < 1.29 is 9.13 Å². The van der Waals surface area contributed by atoms with E-state index in [1.54, 1.807) is 0 Å². The Kier molecular flexibility index (Phi) is 6.28. The average Bonchev–Trinajstić information content (AvgIpc) is 2.53. The largest absolute Gasteiger partial charge is 0.490 e. The van der Waals surface area contributed by atoms with E-state index in [2.05, 4.69) is 27.9 Å². The molecule has 1 aliphatic heterocycles. The van der Waals surface area contributed by atoms with Gasteiger partial charge in [-0.15, -0.1) is 11.7 Å². The lowest BCUT2D eigenvalue weighted by Crippen LogP contribution is -2.43. The Morgan fingerprint density at radius 1 is 1.40 bits per heavy atom. The molecule has 1 fully saturated rings. The van der Waals surface area contributed by atoms with Crippen LogP contribution in [-0.4, -0.2) is 45.5 Å². The summed E-state index contributed by atoms with van der Waals surface area (Å²) in [5.41, 5.74) is 6.34. The van der Waals surface area contributed by atoms with E-state index in [-0.39, 0.29) is 13.2 Å². The molecule has 1 aromatic carbocycles. The van der Waals surface area contributed by atoms with Crippen LogP contribution in [0, 0.1) is 0 Å². The first kappa shape index (κ1) is 15.8. The van der Waals surface area contributed by atoms with E-state index in [0.717, 1.165) is 36.8 Å². The van der Waals surface area contributed by atoms with Crippen LogP contribution in [0.1, 0.15) is 0 Å². The molecule has 1 unspecified atom stereocenters. The lowest BCUT2D eigenvalue weighted by molar-refractivity contribution is 0.201. The Labute approximate surface area is 128 Å². The molecule has 1 atom stereocenters. The molecule has 0 aromatic heterocycles. The van der Waals surface area contributed by atoms with Gasteiger partial charge in [0, 0.05) is 49.4 Å². The van der Waals surface area contributed by atoms with Crippen LogP contribution in [0.15, 0.2) is 23.1 Å². The van der Waals surface area contributed by atoms with E-state index in [9.17, 15) is 4.39 Å². The zero-order chi connectivity index (χ0) is 14.4. The molecule has 1 saturated heterocycles. The van der Waals surface area contributed by atoms with Gasteiger partial charge in [0.1, 0.15) is 18.5 Å². The number of nitrogens with two attached hydrogens (primary N) is 1. The summed E-state index contributed by atoms with van der Waals surface area (Å²) >= 11 is 4.23. The SMILES string of the molecule is NCC(F)COc1cc(SS)cc(N2CCNCC2)c1. The molecular weight excluding hydrogens is 297 g/mol. The topological polar surface area (TPSA) is 50.5 Å². The second-order valence-electron chi connectivity index (χ2n) is 4.63. The van der Waals surface area contributed by atoms with Crippen LogP contribution in [0.3, 0.4) is 0 Å². The molecule has 20 heavy (non-hydrogen) atoms. The van der Waals surface area contributed by atoms with Crippen LogP contribution in [0.2, 0.25) is 0 Å². The van der Waals surface area contributed by atoms with Gasteiger partial charge in [0.15, 0.2) is 0 Å². The van der Waals surface area contributed by atoms with Crippen molar-refractivity contribution in [3.63, 3.8) is 0 Å². The number of nitrogens with zero attached hydrogens (tertiary/aromatic N) is 1. The maximum atomic E-state index is 13.2. The van der Waals surface area contributed by atoms with Crippen molar-refractivity contribution in [2.75, 3.05) is 44.2 Å². The summed E-state index contributed by atoms with van der Waals surface area (Å²) in [6, 6.07) is 5.89. The fourth-order valence-corrected chi connectivity index (χ4v) is 2.71. The molecule has 0 amide bonds. The minimum absolute atomic E-state index is 0.0157. The monoisotopic (exact) mass is 317 g/mol. The summed E-state index contributed by atoms with van der Waals surface area (Å²) in [4.78, 5) is 3.27. The first-order valence-electron chi connectivity index (χ1n) is 6.62. The Morgan fingerprint density at radius 2 is 2.15 bits per heavy atom. The van der Waals surface area contributed by atoms with Crippen LogP contribution >= 0.6 is 22.5 Å². The van der Waals surface area contributed by atoms with Crippen molar-refractivity contribution in [3.8, 4) is 5.75 Å². The highest BCUT2D eigenvalue weighted by atomic mass is 33.1. The highest BCUT2D eigenvalue weighted by Gasteiger charge is 2.13. The van der Waals surface area contributed by atoms with E-state index in [0.29, 0.717) is 5.75 Å². The van der Waals surface area contributed by atoms with Crippen LogP contribution in [-0.2, 0) is 0 Å². The maximum Gasteiger partial charge on any atom is 0.146 e. The van der Waals surface area contributed by atoms with Crippen molar-refractivity contribution in [2.45, 2.75) is 11.1 Å². The number of ether oxygens (including phenoxy) is 1. The third-order valence-corrected chi connectivity index (χ3v) is 4.22. The Balaban J connectivity index is 2.10. The summed E-state index contributed by atoms with van der Waals surface area (Å²) < 4.78 is 18.7. The fraction of sp³-hybridized carbons (Fsp3) is 0.538. The third kappa shape index (κ3) is 4.44. The number of hydrogen-bond acceptors (Lipinski definition) is 6.